The summed E-state index contributed by atoms with van der Waals surface area (Å²) < 4.78 is 5.03. The number of ether oxygens (including phenoxy) is 1. The molecule has 0 aromatic heterocycles. The molecule has 0 aromatic carbocycles. The van der Waals surface area contributed by atoms with Crippen molar-refractivity contribution in [3.8, 4) is 0 Å². The minimum absolute atomic E-state index is 0.115. The molecule has 0 radical (unpaired) electrons. The molecule has 2 unspecified atom stereocenters. The summed E-state index contributed by atoms with van der Waals surface area (Å²) in [4.78, 5) is 15.0. The molecule has 1 aliphatic carbocycles. The third kappa shape index (κ3) is 4.39. The van der Waals surface area contributed by atoms with Crippen LogP contribution in [0.3, 0.4) is 0 Å². The van der Waals surface area contributed by atoms with Crippen LogP contribution in [-0.2, 0) is 9.53 Å². The predicted molar refractivity (Wildman–Crippen MR) is 78.2 cm³/mol. The van der Waals surface area contributed by atoms with Crippen molar-refractivity contribution in [2.24, 2.45) is 16.4 Å². The van der Waals surface area contributed by atoms with Gasteiger partial charge in [0, 0.05) is 11.5 Å². The van der Waals surface area contributed by atoms with E-state index in [-0.39, 0.29) is 11.4 Å². The van der Waals surface area contributed by atoms with E-state index in [0.717, 1.165) is 25.7 Å². The highest BCUT2D eigenvalue weighted by Gasteiger charge is 2.48. The van der Waals surface area contributed by atoms with Gasteiger partial charge in [-0.25, -0.2) is 0 Å². The van der Waals surface area contributed by atoms with Gasteiger partial charge in [-0.1, -0.05) is 25.9 Å². The first-order valence-electron chi connectivity index (χ1n) is 7.19. The Morgan fingerprint density at radius 2 is 2.20 bits per heavy atom. The van der Waals surface area contributed by atoms with E-state index in [2.05, 4.69) is 36.1 Å². The highest BCUT2D eigenvalue weighted by molar-refractivity contribution is 5.81. The molecule has 0 heterocycles. The van der Waals surface area contributed by atoms with E-state index in [1.165, 1.54) is 7.11 Å². The molecule has 0 aliphatic heterocycles. The highest BCUT2D eigenvalue weighted by Crippen LogP contribution is 2.44. The van der Waals surface area contributed by atoms with E-state index in [4.69, 9.17) is 10.3 Å². The quantitative estimate of drug-likeness (QED) is 0.267. The lowest BCUT2D eigenvalue weighted by Gasteiger charge is -2.46. The molecule has 20 heavy (non-hydrogen) atoms. The zero-order valence-corrected chi connectivity index (χ0v) is 13.0. The number of nitrogens with one attached hydrogen (secondary N) is 1. The van der Waals surface area contributed by atoms with Gasteiger partial charge in [-0.05, 0) is 49.1 Å². The van der Waals surface area contributed by atoms with Crippen molar-refractivity contribution >= 4 is 5.97 Å². The summed E-state index contributed by atoms with van der Waals surface area (Å²) in [5, 5.41) is 6.88. The van der Waals surface area contributed by atoms with Crippen molar-refractivity contribution in [3.63, 3.8) is 0 Å². The van der Waals surface area contributed by atoms with Crippen LogP contribution < -0.4 is 5.32 Å². The maximum absolute atomic E-state index is 12.3. The minimum Gasteiger partial charge on any atom is -0.468 e. The van der Waals surface area contributed by atoms with Crippen LogP contribution in [0, 0.1) is 11.3 Å². The number of rotatable bonds is 6. The van der Waals surface area contributed by atoms with Crippen LogP contribution in [0.5, 0.6) is 0 Å². The smallest absolute Gasteiger partial charge is 0.326 e. The number of hydrogen-bond acceptors (Lipinski definition) is 4. The van der Waals surface area contributed by atoms with Gasteiger partial charge in [-0.3, -0.25) is 4.79 Å². The van der Waals surface area contributed by atoms with Crippen LogP contribution in [-0.4, -0.2) is 31.7 Å². The van der Waals surface area contributed by atoms with Crippen LogP contribution >= 0.6 is 0 Å². The largest absolute Gasteiger partial charge is 0.468 e. The fourth-order valence-electron chi connectivity index (χ4n) is 3.65. The van der Waals surface area contributed by atoms with Gasteiger partial charge in [0.15, 0.2) is 0 Å². The van der Waals surface area contributed by atoms with Gasteiger partial charge in [-0.2, -0.15) is 0 Å². The summed E-state index contributed by atoms with van der Waals surface area (Å²) in [5.74, 6) is 0.295. The average Bonchev–Trinajstić information content (AvgIpc) is 2.35. The molecule has 0 aromatic rings. The van der Waals surface area contributed by atoms with E-state index in [9.17, 15) is 4.79 Å². The Balaban J connectivity index is 2.76. The van der Waals surface area contributed by atoms with Crippen LogP contribution in [0.4, 0.5) is 0 Å². The Morgan fingerprint density at radius 3 is 2.75 bits per heavy atom. The summed E-state index contributed by atoms with van der Waals surface area (Å²) >= 11 is 0. The summed E-state index contributed by atoms with van der Waals surface area (Å²) in [6, 6.07) is 0. The number of nitrogens with zero attached hydrogens (tertiary/aromatic N) is 3. The molecular weight excluding hydrogens is 256 g/mol. The molecule has 0 saturated heterocycles. The van der Waals surface area contributed by atoms with Crippen LogP contribution in [0.2, 0.25) is 0 Å². The number of carbonyl (C=O) groups excluding carboxylic acids is 1. The lowest BCUT2D eigenvalue weighted by molar-refractivity contribution is -0.153. The summed E-state index contributed by atoms with van der Waals surface area (Å²) in [6.45, 7) is 7.67. The molecule has 1 aliphatic rings. The van der Waals surface area contributed by atoms with Crippen molar-refractivity contribution in [1.82, 2.24) is 5.32 Å². The Morgan fingerprint density at radius 1 is 1.50 bits per heavy atom. The third-order valence-corrected chi connectivity index (χ3v) is 3.92. The number of hydrogen-bond donors (Lipinski definition) is 1. The second kappa shape index (κ2) is 6.95. The standard InChI is InChI=1S/C14H26N4O2/c1-11-8-13(2,3)10-14(9-11,12(19)20-4)16-6-5-7-17-18-15/h11,16H,5-10H2,1-4H3. The first kappa shape index (κ1) is 16.8. The maximum Gasteiger partial charge on any atom is 0.326 e. The van der Waals surface area contributed by atoms with Crippen LogP contribution in [0.1, 0.15) is 46.5 Å². The van der Waals surface area contributed by atoms with E-state index in [1.54, 1.807) is 0 Å². The van der Waals surface area contributed by atoms with Crippen LogP contribution in [0.15, 0.2) is 5.11 Å². The molecule has 1 saturated carbocycles. The van der Waals surface area contributed by atoms with Gasteiger partial charge in [-0.15, -0.1) is 0 Å². The van der Waals surface area contributed by atoms with Gasteiger partial charge >= 0.3 is 5.97 Å². The molecule has 6 heteroatoms. The molecule has 1 N–H and O–H groups in total. The summed E-state index contributed by atoms with van der Waals surface area (Å²) in [7, 11) is 1.44. The minimum atomic E-state index is -0.605. The SMILES string of the molecule is COC(=O)C1(NCCCN=[N+]=[N-])CC(C)CC(C)(C)C1. The summed E-state index contributed by atoms with van der Waals surface area (Å²) in [5.41, 5.74) is 7.77. The van der Waals surface area contributed by atoms with Gasteiger partial charge in [0.25, 0.3) is 0 Å². The van der Waals surface area contributed by atoms with Crippen molar-refractivity contribution in [2.45, 2.75) is 52.0 Å². The fraction of sp³-hybridized carbons (Fsp3) is 0.929. The van der Waals surface area contributed by atoms with E-state index < -0.39 is 5.54 Å². The maximum atomic E-state index is 12.3. The average molecular weight is 282 g/mol. The van der Waals surface area contributed by atoms with Crippen molar-refractivity contribution < 1.29 is 9.53 Å². The lowest BCUT2D eigenvalue weighted by Crippen LogP contribution is -2.58. The van der Waals surface area contributed by atoms with Crippen LogP contribution in [0.25, 0.3) is 10.4 Å². The number of methoxy groups -OCH3 is 1. The van der Waals surface area contributed by atoms with Gasteiger partial charge in [0.1, 0.15) is 5.54 Å². The molecule has 0 amide bonds. The fourth-order valence-corrected chi connectivity index (χ4v) is 3.65. The molecule has 2 atom stereocenters. The molecule has 0 bridgehead atoms. The topological polar surface area (TPSA) is 87.1 Å². The molecule has 1 rings (SSSR count). The molecular formula is C14H26N4O2. The number of esters is 1. The summed E-state index contributed by atoms with van der Waals surface area (Å²) in [6.07, 6.45) is 3.41. The lowest BCUT2D eigenvalue weighted by atomic mass is 9.64. The second-order valence-corrected chi connectivity index (χ2v) is 6.66. The Bertz CT molecular complexity index is 391. The monoisotopic (exact) mass is 282 g/mol. The zero-order chi connectivity index (χ0) is 15.2. The number of carbonyl (C=O) groups is 1. The van der Waals surface area contributed by atoms with Crippen molar-refractivity contribution in [3.05, 3.63) is 10.4 Å². The van der Waals surface area contributed by atoms with E-state index in [1.807, 2.05) is 0 Å². The zero-order valence-electron chi connectivity index (χ0n) is 13.0. The Kier molecular flexibility index (Phi) is 5.84. The Labute approximate surface area is 120 Å². The van der Waals surface area contributed by atoms with Gasteiger partial charge < -0.3 is 10.1 Å². The van der Waals surface area contributed by atoms with Crippen molar-refractivity contribution in [2.75, 3.05) is 20.2 Å². The second-order valence-electron chi connectivity index (χ2n) is 6.66. The molecule has 1 fully saturated rings. The highest BCUT2D eigenvalue weighted by atomic mass is 16.5. The Hall–Kier alpha value is -1.26. The molecule has 6 nitrogen and oxygen atoms in total. The predicted octanol–water partition coefficient (Wildman–Crippen LogP) is 3.03. The normalized spacial score (nSPS) is 28.5. The number of azide groups is 1. The van der Waals surface area contributed by atoms with Gasteiger partial charge in [0.05, 0.1) is 7.11 Å². The third-order valence-electron chi connectivity index (χ3n) is 3.92. The van der Waals surface area contributed by atoms with Gasteiger partial charge in [0.2, 0.25) is 0 Å². The first-order valence-corrected chi connectivity index (χ1v) is 7.19. The first-order chi connectivity index (χ1) is 9.35. The van der Waals surface area contributed by atoms with E-state index in [0.29, 0.717) is 19.0 Å². The molecule has 114 valence electrons. The van der Waals surface area contributed by atoms with Crippen molar-refractivity contribution in [1.29, 1.82) is 0 Å². The van der Waals surface area contributed by atoms with E-state index >= 15 is 0 Å². The molecule has 0 spiro atoms.